The van der Waals surface area contributed by atoms with Gasteiger partial charge in [-0.05, 0) is 31.0 Å². The lowest BCUT2D eigenvalue weighted by Gasteiger charge is -2.25. The van der Waals surface area contributed by atoms with E-state index in [0.29, 0.717) is 18.8 Å². The molecule has 0 aromatic carbocycles. The fourth-order valence-corrected chi connectivity index (χ4v) is 5.78. The summed E-state index contributed by atoms with van der Waals surface area (Å²) in [7, 11) is -1.90. The van der Waals surface area contributed by atoms with Gasteiger partial charge in [-0.15, -0.1) is 11.3 Å². The number of carbonyl (C=O) groups is 1. The smallest absolute Gasteiger partial charge is 0.268 e. The van der Waals surface area contributed by atoms with Gasteiger partial charge in [0.25, 0.3) is 5.91 Å². The lowest BCUT2D eigenvalue weighted by molar-refractivity contribution is 0.0942. The highest BCUT2D eigenvalue weighted by Crippen LogP contribution is 2.23. The average molecular weight is 446 g/mol. The fourth-order valence-electron chi connectivity index (χ4n) is 3.45. The number of aromatic nitrogens is 3. The molecule has 1 fully saturated rings. The molecule has 10 heteroatoms. The zero-order valence-electron chi connectivity index (χ0n) is 16.6. The number of amides is 1. The summed E-state index contributed by atoms with van der Waals surface area (Å²) in [6, 6.07) is 5.21. The van der Waals surface area contributed by atoms with Crippen molar-refractivity contribution in [3.8, 4) is 11.3 Å². The van der Waals surface area contributed by atoms with Crippen LogP contribution in [-0.4, -0.2) is 46.3 Å². The Morgan fingerprint density at radius 3 is 2.67 bits per heavy atom. The van der Waals surface area contributed by atoms with Crippen LogP contribution in [0, 0.1) is 0 Å². The van der Waals surface area contributed by atoms with Crippen LogP contribution in [0.15, 0.2) is 47.1 Å². The van der Waals surface area contributed by atoms with E-state index < -0.39 is 10.0 Å². The van der Waals surface area contributed by atoms with Crippen molar-refractivity contribution in [2.45, 2.75) is 30.7 Å². The second-order valence-electron chi connectivity index (χ2n) is 7.18. The van der Waals surface area contributed by atoms with Crippen LogP contribution < -0.4 is 5.32 Å². The molecule has 1 saturated heterocycles. The Labute approximate surface area is 179 Å². The summed E-state index contributed by atoms with van der Waals surface area (Å²) in [6.07, 6.45) is 7.71. The second kappa shape index (κ2) is 8.66. The normalized spacial score (nSPS) is 15.2. The van der Waals surface area contributed by atoms with Crippen LogP contribution in [0.2, 0.25) is 0 Å². The number of aryl methyl sites for hydroxylation is 1. The Hall–Kier alpha value is -2.56. The molecule has 8 nitrogen and oxygen atoms in total. The first-order valence-corrected chi connectivity index (χ1v) is 12.1. The third kappa shape index (κ3) is 4.30. The van der Waals surface area contributed by atoms with E-state index in [1.165, 1.54) is 27.9 Å². The van der Waals surface area contributed by atoms with Crippen molar-refractivity contribution in [3.63, 3.8) is 0 Å². The van der Waals surface area contributed by atoms with Crippen molar-refractivity contribution in [2.75, 3.05) is 13.1 Å². The first kappa shape index (κ1) is 20.7. The van der Waals surface area contributed by atoms with Crippen LogP contribution in [0.25, 0.3) is 11.3 Å². The molecule has 0 bridgehead atoms. The standard InChI is InChI=1S/C20H23N5O3S2/c1-24-13-16(30(27,28)25-9-3-2-4-10-25)11-18(24)20(26)22-12-19-23-17(14-29-19)15-5-7-21-8-6-15/h5-8,11,13-14H,2-4,9-10,12H2,1H3,(H,22,26). The Morgan fingerprint density at radius 2 is 1.93 bits per heavy atom. The monoisotopic (exact) mass is 445 g/mol. The van der Waals surface area contributed by atoms with E-state index in [1.54, 1.807) is 24.0 Å². The van der Waals surface area contributed by atoms with E-state index in [1.807, 2.05) is 17.5 Å². The molecule has 0 aliphatic carbocycles. The number of hydrogen-bond donors (Lipinski definition) is 1. The number of nitrogens with zero attached hydrogens (tertiary/aromatic N) is 4. The van der Waals surface area contributed by atoms with Gasteiger partial charge < -0.3 is 9.88 Å². The van der Waals surface area contributed by atoms with Crippen molar-refractivity contribution in [2.24, 2.45) is 7.05 Å². The molecule has 1 N–H and O–H groups in total. The van der Waals surface area contributed by atoms with Crippen molar-refractivity contribution in [1.82, 2.24) is 24.2 Å². The van der Waals surface area contributed by atoms with E-state index in [-0.39, 0.29) is 17.3 Å². The maximum Gasteiger partial charge on any atom is 0.268 e. The predicted octanol–water partition coefficient (Wildman–Crippen LogP) is 2.65. The van der Waals surface area contributed by atoms with Gasteiger partial charge in [0.05, 0.1) is 12.2 Å². The van der Waals surface area contributed by atoms with E-state index in [4.69, 9.17) is 0 Å². The Bertz CT molecular complexity index is 1130. The number of carbonyl (C=O) groups excluding carboxylic acids is 1. The highest BCUT2D eigenvalue weighted by molar-refractivity contribution is 7.89. The van der Waals surface area contributed by atoms with E-state index in [9.17, 15) is 13.2 Å². The van der Waals surface area contributed by atoms with Gasteiger partial charge in [0, 0.05) is 49.7 Å². The number of piperidine rings is 1. The molecule has 3 aromatic heterocycles. The SMILES string of the molecule is Cn1cc(S(=O)(=O)N2CCCCC2)cc1C(=O)NCc1nc(-c2ccncc2)cs1. The fraction of sp³-hybridized carbons (Fsp3) is 0.350. The Morgan fingerprint density at radius 1 is 1.20 bits per heavy atom. The minimum Gasteiger partial charge on any atom is -0.345 e. The number of rotatable bonds is 6. The third-order valence-electron chi connectivity index (χ3n) is 5.09. The van der Waals surface area contributed by atoms with E-state index >= 15 is 0 Å². The molecule has 0 atom stereocenters. The summed E-state index contributed by atoms with van der Waals surface area (Å²) in [5.41, 5.74) is 2.10. The summed E-state index contributed by atoms with van der Waals surface area (Å²) in [6.45, 7) is 1.33. The minimum absolute atomic E-state index is 0.159. The zero-order valence-corrected chi connectivity index (χ0v) is 18.2. The molecule has 1 amide bonds. The summed E-state index contributed by atoms with van der Waals surface area (Å²) < 4.78 is 28.8. The quantitative estimate of drug-likeness (QED) is 0.629. The molecule has 0 radical (unpaired) electrons. The van der Waals surface area contributed by atoms with Crippen molar-refractivity contribution in [3.05, 3.63) is 52.9 Å². The van der Waals surface area contributed by atoms with Gasteiger partial charge in [-0.2, -0.15) is 4.31 Å². The van der Waals surface area contributed by atoms with E-state index in [2.05, 4.69) is 15.3 Å². The minimum atomic E-state index is -3.57. The molecular formula is C20H23N5O3S2. The number of nitrogens with one attached hydrogen (secondary N) is 1. The van der Waals surface area contributed by atoms with Gasteiger partial charge in [0.2, 0.25) is 10.0 Å². The van der Waals surface area contributed by atoms with Crippen LogP contribution in [0.1, 0.15) is 34.8 Å². The van der Waals surface area contributed by atoms with Gasteiger partial charge >= 0.3 is 0 Å². The Kier molecular flexibility index (Phi) is 5.98. The number of thiazole rings is 1. The molecule has 30 heavy (non-hydrogen) atoms. The molecule has 4 rings (SSSR count). The molecule has 4 heterocycles. The van der Waals surface area contributed by atoms with Crippen LogP contribution in [0.3, 0.4) is 0 Å². The largest absolute Gasteiger partial charge is 0.345 e. The molecule has 1 aliphatic heterocycles. The molecule has 158 valence electrons. The van der Waals surface area contributed by atoms with E-state index in [0.717, 1.165) is 35.5 Å². The summed E-state index contributed by atoms with van der Waals surface area (Å²) in [5.74, 6) is -0.335. The topological polar surface area (TPSA) is 97.2 Å². The van der Waals surface area contributed by atoms with Gasteiger partial charge in [-0.25, -0.2) is 13.4 Å². The maximum absolute atomic E-state index is 12.9. The molecule has 0 spiro atoms. The predicted molar refractivity (Wildman–Crippen MR) is 115 cm³/mol. The number of sulfonamides is 1. The molecule has 1 aliphatic rings. The van der Waals surface area contributed by atoms with Gasteiger partial charge in [0.15, 0.2) is 0 Å². The number of hydrogen-bond acceptors (Lipinski definition) is 6. The Balaban J connectivity index is 1.44. The second-order valence-corrected chi connectivity index (χ2v) is 10.1. The van der Waals surface area contributed by atoms with Crippen molar-refractivity contribution < 1.29 is 13.2 Å². The highest BCUT2D eigenvalue weighted by Gasteiger charge is 2.28. The highest BCUT2D eigenvalue weighted by atomic mass is 32.2. The number of pyridine rings is 1. The molecule has 0 saturated carbocycles. The van der Waals surface area contributed by atoms with Crippen LogP contribution >= 0.6 is 11.3 Å². The molecule has 0 unspecified atom stereocenters. The van der Waals surface area contributed by atoms with Gasteiger partial charge in [0.1, 0.15) is 15.6 Å². The average Bonchev–Trinajstić information content (AvgIpc) is 3.40. The first-order chi connectivity index (χ1) is 14.4. The van der Waals surface area contributed by atoms with Crippen molar-refractivity contribution in [1.29, 1.82) is 0 Å². The summed E-state index contributed by atoms with van der Waals surface area (Å²) in [4.78, 5) is 21.4. The lowest BCUT2D eigenvalue weighted by Crippen LogP contribution is -2.35. The lowest BCUT2D eigenvalue weighted by atomic mass is 10.2. The van der Waals surface area contributed by atoms with Gasteiger partial charge in [-0.1, -0.05) is 6.42 Å². The van der Waals surface area contributed by atoms with Gasteiger partial charge in [-0.3, -0.25) is 9.78 Å². The van der Waals surface area contributed by atoms with Crippen LogP contribution in [-0.2, 0) is 23.6 Å². The van der Waals surface area contributed by atoms with Crippen LogP contribution in [0.4, 0.5) is 0 Å². The molecular weight excluding hydrogens is 422 g/mol. The third-order valence-corrected chi connectivity index (χ3v) is 7.81. The summed E-state index contributed by atoms with van der Waals surface area (Å²) >= 11 is 1.46. The van der Waals surface area contributed by atoms with Crippen LogP contribution in [0.5, 0.6) is 0 Å². The first-order valence-electron chi connectivity index (χ1n) is 9.74. The zero-order chi connectivity index (χ0) is 21.1. The maximum atomic E-state index is 12.9. The molecule has 3 aromatic rings. The van der Waals surface area contributed by atoms with Crippen molar-refractivity contribution >= 4 is 27.3 Å². The summed E-state index contributed by atoms with van der Waals surface area (Å²) in [5, 5.41) is 5.53.